The Morgan fingerprint density at radius 2 is 2.00 bits per heavy atom. The molecule has 2 aromatic carbocycles. The van der Waals surface area contributed by atoms with Crippen molar-refractivity contribution in [3.8, 4) is 5.75 Å². The van der Waals surface area contributed by atoms with Crippen molar-refractivity contribution in [3.05, 3.63) is 62.7 Å². The molecule has 0 unspecified atom stereocenters. The average molecular weight is 307 g/mol. The van der Waals surface area contributed by atoms with Crippen LogP contribution in [0.25, 0.3) is 0 Å². The number of hydrogen-bond acceptors (Lipinski definition) is 4. The van der Waals surface area contributed by atoms with Crippen LogP contribution in [0.1, 0.15) is 15.9 Å². The zero-order chi connectivity index (χ0) is 15.6. The summed E-state index contributed by atoms with van der Waals surface area (Å²) in [5, 5.41) is 23.1. The molecule has 0 aromatic heterocycles. The Hall–Kier alpha value is -2.60. The van der Waals surface area contributed by atoms with Crippen LogP contribution in [-0.4, -0.2) is 15.9 Å². The molecule has 0 aliphatic carbocycles. The van der Waals surface area contributed by atoms with Crippen LogP contribution in [0.15, 0.2) is 36.4 Å². The standard InChI is InChI=1S/C14H11ClN2O4/c1-8-2-4-12(11(15)6-8)16-14(19)10-7-9(18)3-5-13(10)17(20)21/h2-7,18H,1H3,(H,16,19). The number of rotatable bonds is 3. The molecule has 0 saturated heterocycles. The van der Waals surface area contributed by atoms with Gasteiger partial charge < -0.3 is 10.4 Å². The summed E-state index contributed by atoms with van der Waals surface area (Å²) in [6, 6.07) is 8.26. The first-order valence-corrected chi connectivity index (χ1v) is 6.31. The zero-order valence-electron chi connectivity index (χ0n) is 11.0. The van der Waals surface area contributed by atoms with Crippen LogP contribution in [0, 0.1) is 17.0 Å². The molecular weight excluding hydrogens is 296 g/mol. The molecule has 0 aliphatic heterocycles. The zero-order valence-corrected chi connectivity index (χ0v) is 11.7. The normalized spacial score (nSPS) is 10.2. The van der Waals surface area contributed by atoms with Gasteiger partial charge in [0.2, 0.25) is 0 Å². The summed E-state index contributed by atoms with van der Waals surface area (Å²) >= 11 is 6.00. The minimum absolute atomic E-state index is 0.235. The van der Waals surface area contributed by atoms with Gasteiger partial charge in [0.1, 0.15) is 11.3 Å². The number of phenolic OH excluding ortho intramolecular Hbond substituents is 1. The Morgan fingerprint density at radius 3 is 2.62 bits per heavy atom. The minimum atomic E-state index is -0.719. The summed E-state index contributed by atoms with van der Waals surface area (Å²) < 4.78 is 0. The summed E-state index contributed by atoms with van der Waals surface area (Å²) in [5.41, 5.74) is 0.622. The summed E-state index contributed by atoms with van der Waals surface area (Å²) in [6.45, 7) is 1.84. The van der Waals surface area contributed by atoms with Gasteiger partial charge in [0.15, 0.2) is 0 Å². The van der Waals surface area contributed by atoms with E-state index in [1.54, 1.807) is 18.2 Å². The van der Waals surface area contributed by atoms with E-state index in [9.17, 15) is 20.0 Å². The fourth-order valence-electron chi connectivity index (χ4n) is 1.78. The molecule has 2 aromatic rings. The topological polar surface area (TPSA) is 92.5 Å². The summed E-state index contributed by atoms with van der Waals surface area (Å²) in [6.07, 6.45) is 0. The van der Waals surface area contributed by atoms with Crippen LogP contribution in [0.5, 0.6) is 5.75 Å². The molecule has 0 bridgehead atoms. The lowest BCUT2D eigenvalue weighted by Crippen LogP contribution is -2.14. The molecule has 0 heterocycles. The lowest BCUT2D eigenvalue weighted by Gasteiger charge is -2.08. The molecule has 0 spiro atoms. The largest absolute Gasteiger partial charge is 0.508 e. The molecule has 0 radical (unpaired) electrons. The molecule has 0 fully saturated rings. The highest BCUT2D eigenvalue weighted by Gasteiger charge is 2.21. The fourth-order valence-corrected chi connectivity index (χ4v) is 2.06. The number of nitro benzene ring substituents is 1. The van der Waals surface area contributed by atoms with Crippen molar-refractivity contribution < 1.29 is 14.8 Å². The molecule has 108 valence electrons. The Morgan fingerprint density at radius 1 is 1.29 bits per heavy atom. The first-order valence-electron chi connectivity index (χ1n) is 5.93. The number of amides is 1. The van der Waals surface area contributed by atoms with Gasteiger partial charge >= 0.3 is 0 Å². The highest BCUT2D eigenvalue weighted by molar-refractivity contribution is 6.34. The summed E-state index contributed by atoms with van der Waals surface area (Å²) in [5.74, 6) is -0.955. The van der Waals surface area contributed by atoms with E-state index >= 15 is 0 Å². The number of carbonyl (C=O) groups excluding carboxylic acids is 1. The highest BCUT2D eigenvalue weighted by atomic mass is 35.5. The predicted molar refractivity (Wildman–Crippen MR) is 78.9 cm³/mol. The molecule has 7 heteroatoms. The van der Waals surface area contributed by atoms with E-state index in [0.717, 1.165) is 23.8 Å². The van der Waals surface area contributed by atoms with E-state index in [4.69, 9.17) is 11.6 Å². The average Bonchev–Trinajstić information content (AvgIpc) is 2.41. The summed E-state index contributed by atoms with van der Waals surface area (Å²) in [4.78, 5) is 22.4. The third-order valence-corrected chi connectivity index (χ3v) is 3.11. The second kappa shape index (κ2) is 5.80. The van der Waals surface area contributed by atoms with Crippen LogP contribution < -0.4 is 5.32 Å². The van der Waals surface area contributed by atoms with Gasteiger partial charge in [-0.3, -0.25) is 14.9 Å². The third-order valence-electron chi connectivity index (χ3n) is 2.79. The maximum atomic E-state index is 12.1. The smallest absolute Gasteiger partial charge is 0.282 e. The number of carbonyl (C=O) groups is 1. The molecular formula is C14H11ClN2O4. The predicted octanol–water partition coefficient (Wildman–Crippen LogP) is 3.51. The number of nitro groups is 1. The number of phenols is 1. The molecule has 0 aliphatic rings. The molecule has 21 heavy (non-hydrogen) atoms. The van der Waals surface area contributed by atoms with Gasteiger partial charge in [-0.25, -0.2) is 0 Å². The maximum Gasteiger partial charge on any atom is 0.282 e. The van der Waals surface area contributed by atoms with Crippen LogP contribution in [0.3, 0.4) is 0 Å². The van der Waals surface area contributed by atoms with Gasteiger partial charge in [-0.1, -0.05) is 17.7 Å². The van der Waals surface area contributed by atoms with E-state index < -0.39 is 16.5 Å². The van der Waals surface area contributed by atoms with Crippen molar-refractivity contribution >= 4 is 28.9 Å². The molecule has 2 rings (SSSR count). The van der Waals surface area contributed by atoms with Crippen LogP contribution >= 0.6 is 11.6 Å². The number of hydrogen-bond donors (Lipinski definition) is 2. The van der Waals surface area contributed by atoms with Gasteiger partial charge in [0.25, 0.3) is 11.6 Å². The van der Waals surface area contributed by atoms with Gasteiger partial charge in [-0.15, -0.1) is 0 Å². The first-order chi connectivity index (χ1) is 9.88. The Bertz CT molecular complexity index is 731. The Kier molecular flexibility index (Phi) is 4.09. The van der Waals surface area contributed by atoms with Gasteiger partial charge in [0.05, 0.1) is 15.6 Å². The Balaban J connectivity index is 2.36. The Labute approximate surface area is 125 Å². The van der Waals surface area contributed by atoms with Crippen LogP contribution in [0.2, 0.25) is 5.02 Å². The minimum Gasteiger partial charge on any atom is -0.508 e. The van der Waals surface area contributed by atoms with Gasteiger partial charge in [0, 0.05) is 6.07 Å². The number of benzene rings is 2. The number of aryl methyl sites for hydroxylation is 1. The maximum absolute atomic E-state index is 12.1. The number of nitrogens with zero attached hydrogens (tertiary/aromatic N) is 1. The molecule has 6 nitrogen and oxygen atoms in total. The lowest BCUT2D eigenvalue weighted by atomic mass is 10.1. The van der Waals surface area contributed by atoms with Crippen LogP contribution in [-0.2, 0) is 0 Å². The molecule has 0 saturated carbocycles. The second-order valence-corrected chi connectivity index (χ2v) is 4.80. The van der Waals surface area contributed by atoms with Crippen molar-refractivity contribution in [2.24, 2.45) is 0 Å². The number of anilines is 1. The summed E-state index contributed by atoms with van der Waals surface area (Å²) in [7, 11) is 0. The lowest BCUT2D eigenvalue weighted by molar-refractivity contribution is -0.385. The quantitative estimate of drug-likeness (QED) is 0.670. The van der Waals surface area contributed by atoms with Crippen molar-refractivity contribution in [1.29, 1.82) is 0 Å². The molecule has 0 atom stereocenters. The first kappa shape index (κ1) is 14.8. The highest BCUT2D eigenvalue weighted by Crippen LogP contribution is 2.27. The van der Waals surface area contributed by atoms with Crippen LogP contribution in [0.4, 0.5) is 11.4 Å². The van der Waals surface area contributed by atoms with E-state index in [1.165, 1.54) is 0 Å². The van der Waals surface area contributed by atoms with Gasteiger partial charge in [-0.2, -0.15) is 0 Å². The SMILES string of the molecule is Cc1ccc(NC(=O)c2cc(O)ccc2[N+](=O)[O-])c(Cl)c1. The van der Waals surface area contributed by atoms with E-state index in [0.29, 0.717) is 10.7 Å². The fraction of sp³-hybridized carbons (Fsp3) is 0.0714. The number of aromatic hydroxyl groups is 1. The van der Waals surface area contributed by atoms with Crippen molar-refractivity contribution in [2.45, 2.75) is 6.92 Å². The number of nitrogens with one attached hydrogen (secondary N) is 1. The van der Waals surface area contributed by atoms with Crippen molar-refractivity contribution in [1.82, 2.24) is 0 Å². The van der Waals surface area contributed by atoms with Gasteiger partial charge in [-0.05, 0) is 36.8 Å². The van der Waals surface area contributed by atoms with Crippen molar-refractivity contribution in [2.75, 3.05) is 5.32 Å². The van der Waals surface area contributed by atoms with Crippen molar-refractivity contribution in [3.63, 3.8) is 0 Å². The van der Waals surface area contributed by atoms with E-state index in [2.05, 4.69) is 5.32 Å². The van der Waals surface area contributed by atoms with E-state index in [1.807, 2.05) is 6.92 Å². The second-order valence-electron chi connectivity index (χ2n) is 4.40. The molecule has 1 amide bonds. The molecule has 2 N–H and O–H groups in total. The number of halogens is 1. The van der Waals surface area contributed by atoms with E-state index in [-0.39, 0.29) is 11.3 Å². The monoisotopic (exact) mass is 306 g/mol. The third kappa shape index (κ3) is 3.29.